The lowest BCUT2D eigenvalue weighted by Gasteiger charge is -2.06. The number of ether oxygens (including phenoxy) is 2. The van der Waals surface area contributed by atoms with E-state index in [1.165, 1.54) is 0 Å². The average molecular weight is 130 g/mol. The van der Waals surface area contributed by atoms with E-state index in [2.05, 4.69) is 0 Å². The predicted octanol–water partition coefficient (Wildman–Crippen LogP) is -0.260. The van der Waals surface area contributed by atoms with E-state index < -0.39 is 0 Å². The smallest absolute Gasteiger partial charge is 0.163 e. The molecule has 52 valence electrons. The second-order valence-electron chi connectivity index (χ2n) is 2.59. The first-order valence-corrected chi connectivity index (χ1v) is 3.29. The van der Waals surface area contributed by atoms with Gasteiger partial charge in [-0.3, -0.25) is 0 Å². The lowest BCUT2D eigenvalue weighted by molar-refractivity contribution is -0.0907. The molecule has 2 aliphatic rings. The fraction of sp³-hybridized carbons (Fsp3) is 1.00. The van der Waals surface area contributed by atoms with Crippen LogP contribution >= 0.6 is 0 Å². The summed E-state index contributed by atoms with van der Waals surface area (Å²) in [5, 5.41) is 9.19. The van der Waals surface area contributed by atoms with E-state index >= 15 is 0 Å². The zero-order valence-corrected chi connectivity index (χ0v) is 5.12. The van der Waals surface area contributed by atoms with E-state index in [-0.39, 0.29) is 18.3 Å². The summed E-state index contributed by atoms with van der Waals surface area (Å²) in [6, 6.07) is 0. The molecule has 2 fully saturated rings. The number of aliphatic hydroxyl groups excluding tert-OH is 1. The van der Waals surface area contributed by atoms with Crippen LogP contribution in [-0.2, 0) is 9.47 Å². The van der Waals surface area contributed by atoms with Crippen molar-refractivity contribution in [2.75, 3.05) is 13.2 Å². The fourth-order valence-electron chi connectivity index (χ4n) is 1.44. The van der Waals surface area contributed by atoms with E-state index in [9.17, 15) is 5.11 Å². The number of fused-ring (bicyclic) bond motifs is 1. The molecule has 2 rings (SSSR count). The van der Waals surface area contributed by atoms with E-state index in [0.29, 0.717) is 6.61 Å². The summed E-state index contributed by atoms with van der Waals surface area (Å²) in [4.78, 5) is 0. The summed E-state index contributed by atoms with van der Waals surface area (Å²) < 4.78 is 10.3. The van der Waals surface area contributed by atoms with Crippen molar-refractivity contribution in [2.24, 2.45) is 5.92 Å². The van der Waals surface area contributed by atoms with Gasteiger partial charge in [-0.2, -0.15) is 0 Å². The summed E-state index contributed by atoms with van der Waals surface area (Å²) in [5.74, 6) is 0.255. The Hall–Kier alpha value is -0.120. The standard InChI is InChI=1S/C6H10O3/c7-5-3-9-6-4(5)1-2-8-6/h4-7H,1-3H2/t4?,5-,6?/m1/s1. The molecule has 0 amide bonds. The molecule has 3 heteroatoms. The molecule has 0 bridgehead atoms. The van der Waals surface area contributed by atoms with Crippen molar-refractivity contribution in [3.63, 3.8) is 0 Å². The molecule has 0 aliphatic carbocycles. The molecule has 9 heavy (non-hydrogen) atoms. The van der Waals surface area contributed by atoms with Gasteiger partial charge in [0.2, 0.25) is 0 Å². The van der Waals surface area contributed by atoms with Crippen LogP contribution in [0.25, 0.3) is 0 Å². The minimum absolute atomic E-state index is 0.0972. The van der Waals surface area contributed by atoms with Gasteiger partial charge in [0.15, 0.2) is 6.29 Å². The summed E-state index contributed by atoms with van der Waals surface area (Å²) >= 11 is 0. The molecule has 3 atom stereocenters. The Balaban J connectivity index is 2.07. The summed E-state index contributed by atoms with van der Waals surface area (Å²) in [6.45, 7) is 1.20. The fourth-order valence-corrected chi connectivity index (χ4v) is 1.44. The molecule has 0 radical (unpaired) electrons. The van der Waals surface area contributed by atoms with Crippen molar-refractivity contribution in [1.29, 1.82) is 0 Å². The Kier molecular flexibility index (Phi) is 1.22. The zero-order valence-electron chi connectivity index (χ0n) is 5.12. The molecule has 0 saturated carbocycles. The van der Waals surface area contributed by atoms with Crippen LogP contribution in [0.3, 0.4) is 0 Å². The van der Waals surface area contributed by atoms with Crippen molar-refractivity contribution >= 4 is 0 Å². The molecule has 2 aliphatic heterocycles. The van der Waals surface area contributed by atoms with Gasteiger partial charge in [0.05, 0.1) is 19.3 Å². The Morgan fingerprint density at radius 3 is 3.00 bits per heavy atom. The highest BCUT2D eigenvalue weighted by Crippen LogP contribution is 2.30. The Labute approximate surface area is 53.6 Å². The molecule has 3 nitrogen and oxygen atoms in total. The molecule has 0 aromatic rings. The van der Waals surface area contributed by atoms with Gasteiger partial charge in [0.25, 0.3) is 0 Å². The SMILES string of the molecule is O[C@@H]1COC2OCCC21. The largest absolute Gasteiger partial charge is 0.390 e. The highest BCUT2D eigenvalue weighted by molar-refractivity contribution is 4.81. The minimum Gasteiger partial charge on any atom is -0.390 e. The quantitative estimate of drug-likeness (QED) is 0.491. The average Bonchev–Trinajstić information content (AvgIpc) is 2.35. The lowest BCUT2D eigenvalue weighted by Crippen LogP contribution is -2.18. The molecular weight excluding hydrogens is 120 g/mol. The second kappa shape index (κ2) is 1.94. The lowest BCUT2D eigenvalue weighted by atomic mass is 10.0. The van der Waals surface area contributed by atoms with Crippen molar-refractivity contribution in [3.05, 3.63) is 0 Å². The van der Waals surface area contributed by atoms with Crippen LogP contribution in [-0.4, -0.2) is 30.7 Å². The van der Waals surface area contributed by atoms with Crippen LogP contribution in [0.5, 0.6) is 0 Å². The molecule has 0 aromatic heterocycles. The van der Waals surface area contributed by atoms with Gasteiger partial charge >= 0.3 is 0 Å². The Morgan fingerprint density at radius 2 is 2.22 bits per heavy atom. The third-order valence-corrected chi connectivity index (χ3v) is 2.01. The van der Waals surface area contributed by atoms with Crippen molar-refractivity contribution in [1.82, 2.24) is 0 Å². The topological polar surface area (TPSA) is 38.7 Å². The van der Waals surface area contributed by atoms with Crippen LogP contribution in [0.4, 0.5) is 0 Å². The van der Waals surface area contributed by atoms with Gasteiger partial charge in [-0.05, 0) is 6.42 Å². The first kappa shape index (κ1) is 5.65. The van der Waals surface area contributed by atoms with Crippen molar-refractivity contribution in [3.8, 4) is 0 Å². The molecule has 0 aromatic carbocycles. The highest BCUT2D eigenvalue weighted by atomic mass is 16.7. The number of rotatable bonds is 0. The second-order valence-corrected chi connectivity index (χ2v) is 2.59. The number of hydrogen-bond acceptors (Lipinski definition) is 3. The first-order chi connectivity index (χ1) is 4.38. The maximum Gasteiger partial charge on any atom is 0.163 e. The Bertz CT molecular complexity index is 115. The van der Waals surface area contributed by atoms with Crippen molar-refractivity contribution in [2.45, 2.75) is 18.8 Å². The molecule has 2 heterocycles. The number of hydrogen-bond donors (Lipinski definition) is 1. The Morgan fingerprint density at radius 1 is 1.33 bits per heavy atom. The highest BCUT2D eigenvalue weighted by Gasteiger charge is 2.40. The van der Waals surface area contributed by atoms with Crippen molar-refractivity contribution < 1.29 is 14.6 Å². The van der Waals surface area contributed by atoms with Crippen LogP contribution in [0, 0.1) is 5.92 Å². The third-order valence-electron chi connectivity index (χ3n) is 2.01. The normalized spacial score (nSPS) is 49.7. The van der Waals surface area contributed by atoms with Gasteiger partial charge in [0.1, 0.15) is 0 Å². The molecule has 0 spiro atoms. The first-order valence-electron chi connectivity index (χ1n) is 3.29. The van der Waals surface area contributed by atoms with Gasteiger partial charge in [0, 0.05) is 5.92 Å². The maximum atomic E-state index is 9.19. The molecule has 2 unspecified atom stereocenters. The molecular formula is C6H10O3. The minimum atomic E-state index is -0.280. The summed E-state index contributed by atoms with van der Waals surface area (Å²) in [5.41, 5.74) is 0. The van der Waals surface area contributed by atoms with E-state index in [4.69, 9.17) is 9.47 Å². The van der Waals surface area contributed by atoms with E-state index in [1.54, 1.807) is 0 Å². The van der Waals surface area contributed by atoms with E-state index in [0.717, 1.165) is 13.0 Å². The molecule has 1 N–H and O–H groups in total. The van der Waals surface area contributed by atoms with Gasteiger partial charge in [-0.25, -0.2) is 0 Å². The summed E-state index contributed by atoms with van der Waals surface area (Å²) in [6.07, 6.45) is 0.573. The van der Waals surface area contributed by atoms with E-state index in [1.807, 2.05) is 0 Å². The zero-order chi connectivity index (χ0) is 6.27. The predicted molar refractivity (Wildman–Crippen MR) is 29.8 cm³/mol. The van der Waals surface area contributed by atoms with Gasteiger partial charge in [-0.15, -0.1) is 0 Å². The summed E-state index contributed by atoms with van der Waals surface area (Å²) in [7, 11) is 0. The van der Waals surface area contributed by atoms with Crippen LogP contribution in [0.1, 0.15) is 6.42 Å². The molecule has 2 saturated heterocycles. The van der Waals surface area contributed by atoms with Gasteiger partial charge < -0.3 is 14.6 Å². The van der Waals surface area contributed by atoms with Crippen LogP contribution in [0.2, 0.25) is 0 Å². The van der Waals surface area contributed by atoms with Crippen LogP contribution < -0.4 is 0 Å². The van der Waals surface area contributed by atoms with Gasteiger partial charge in [-0.1, -0.05) is 0 Å². The third kappa shape index (κ3) is 0.764. The van der Waals surface area contributed by atoms with Crippen LogP contribution in [0.15, 0.2) is 0 Å². The number of aliphatic hydroxyl groups is 1. The maximum absolute atomic E-state index is 9.19. The monoisotopic (exact) mass is 130 g/mol.